The maximum atomic E-state index is 12.0. The van der Waals surface area contributed by atoms with E-state index >= 15 is 0 Å². The number of amides is 1. The van der Waals surface area contributed by atoms with Gasteiger partial charge in [-0.15, -0.1) is 0 Å². The van der Waals surface area contributed by atoms with Crippen molar-refractivity contribution in [2.75, 3.05) is 12.8 Å². The van der Waals surface area contributed by atoms with Crippen molar-refractivity contribution in [3.05, 3.63) is 48.0 Å². The summed E-state index contributed by atoms with van der Waals surface area (Å²) < 4.78 is 23.9. The van der Waals surface area contributed by atoms with Crippen molar-refractivity contribution in [2.24, 2.45) is 0 Å². The van der Waals surface area contributed by atoms with Gasteiger partial charge in [0.15, 0.2) is 9.84 Å². The first-order chi connectivity index (χ1) is 9.02. The third-order valence-corrected chi connectivity index (χ3v) is 4.34. The molecule has 0 aliphatic carbocycles. The number of carbonyl (C=O) groups is 1. The fourth-order valence-corrected chi connectivity index (χ4v) is 3.35. The number of fused-ring (bicyclic) bond motifs is 1. The Morgan fingerprint density at radius 1 is 1.11 bits per heavy atom. The van der Waals surface area contributed by atoms with Crippen molar-refractivity contribution < 1.29 is 13.2 Å². The average molecular weight is 277 g/mol. The van der Waals surface area contributed by atoms with E-state index in [4.69, 9.17) is 0 Å². The number of sulfone groups is 1. The Kier molecular flexibility index (Phi) is 3.85. The molecular formula is C14H15NO3S. The van der Waals surface area contributed by atoms with Crippen molar-refractivity contribution in [3.8, 4) is 0 Å². The highest BCUT2D eigenvalue weighted by Crippen LogP contribution is 2.20. The van der Waals surface area contributed by atoms with E-state index < -0.39 is 21.5 Å². The van der Waals surface area contributed by atoms with E-state index in [-0.39, 0.29) is 5.75 Å². The average Bonchev–Trinajstić information content (AvgIpc) is 2.38. The number of hydrogen-bond donors (Lipinski definition) is 1. The van der Waals surface area contributed by atoms with Crippen LogP contribution in [0.1, 0.15) is 5.56 Å². The van der Waals surface area contributed by atoms with Crippen LogP contribution in [-0.4, -0.2) is 27.1 Å². The van der Waals surface area contributed by atoms with Gasteiger partial charge in [0.05, 0.1) is 5.75 Å². The summed E-state index contributed by atoms with van der Waals surface area (Å²) in [5, 5.41) is 4.23. The van der Waals surface area contributed by atoms with Gasteiger partial charge in [-0.3, -0.25) is 4.79 Å². The second kappa shape index (κ2) is 5.40. The summed E-state index contributed by atoms with van der Waals surface area (Å²) in [7, 11) is -2.02. The zero-order valence-corrected chi connectivity index (χ0v) is 11.4. The predicted octanol–water partition coefficient (Wildman–Crippen LogP) is 1.50. The van der Waals surface area contributed by atoms with E-state index in [1.54, 1.807) is 6.07 Å². The molecule has 0 bridgehead atoms. The summed E-state index contributed by atoms with van der Waals surface area (Å²) in [5.41, 5.74) is 0.724. The number of benzene rings is 2. The quantitative estimate of drug-likeness (QED) is 0.921. The molecule has 0 atom stereocenters. The first kappa shape index (κ1) is 13.5. The Morgan fingerprint density at radius 2 is 1.79 bits per heavy atom. The fourth-order valence-electron chi connectivity index (χ4n) is 1.98. The van der Waals surface area contributed by atoms with E-state index in [2.05, 4.69) is 5.32 Å². The van der Waals surface area contributed by atoms with Crippen LogP contribution in [0.4, 0.5) is 0 Å². The minimum Gasteiger partial charge on any atom is -0.358 e. The SMILES string of the molecule is CNC(=O)CS(=O)(=O)Cc1cccc2ccccc12. The standard InChI is InChI=1S/C14H15NO3S/c1-15-14(16)10-19(17,18)9-12-7-4-6-11-5-2-3-8-13(11)12/h2-8H,9-10H2,1H3,(H,15,16). The van der Waals surface area contributed by atoms with Crippen molar-refractivity contribution in [1.82, 2.24) is 5.32 Å². The minimum atomic E-state index is -3.45. The van der Waals surface area contributed by atoms with Gasteiger partial charge in [0.1, 0.15) is 5.75 Å². The van der Waals surface area contributed by atoms with Crippen LogP contribution in [0.2, 0.25) is 0 Å². The molecule has 19 heavy (non-hydrogen) atoms. The van der Waals surface area contributed by atoms with Crippen LogP contribution in [0.5, 0.6) is 0 Å². The fraction of sp³-hybridized carbons (Fsp3) is 0.214. The van der Waals surface area contributed by atoms with Gasteiger partial charge in [-0.2, -0.15) is 0 Å². The molecule has 100 valence electrons. The third-order valence-electron chi connectivity index (χ3n) is 2.89. The predicted molar refractivity (Wildman–Crippen MR) is 75.5 cm³/mol. The topological polar surface area (TPSA) is 63.2 Å². The highest BCUT2D eigenvalue weighted by atomic mass is 32.2. The van der Waals surface area contributed by atoms with Gasteiger partial charge in [-0.1, -0.05) is 42.5 Å². The van der Waals surface area contributed by atoms with Crippen molar-refractivity contribution in [2.45, 2.75) is 5.75 Å². The van der Waals surface area contributed by atoms with E-state index in [1.807, 2.05) is 36.4 Å². The number of nitrogens with one attached hydrogen (secondary N) is 1. The van der Waals surface area contributed by atoms with Gasteiger partial charge < -0.3 is 5.32 Å². The third kappa shape index (κ3) is 3.32. The van der Waals surface area contributed by atoms with Crippen molar-refractivity contribution >= 4 is 26.5 Å². The van der Waals surface area contributed by atoms with Gasteiger partial charge in [-0.25, -0.2) is 8.42 Å². The molecule has 0 fully saturated rings. The Balaban J connectivity index is 2.34. The van der Waals surface area contributed by atoms with E-state index in [0.29, 0.717) is 0 Å². The van der Waals surface area contributed by atoms with Crippen LogP contribution in [0.3, 0.4) is 0 Å². The van der Waals surface area contributed by atoms with Crippen LogP contribution >= 0.6 is 0 Å². The van der Waals surface area contributed by atoms with E-state index in [9.17, 15) is 13.2 Å². The van der Waals surface area contributed by atoms with Gasteiger partial charge in [0.2, 0.25) is 5.91 Å². The largest absolute Gasteiger partial charge is 0.358 e. The number of rotatable bonds is 4. The molecule has 0 saturated heterocycles. The molecule has 0 spiro atoms. The lowest BCUT2D eigenvalue weighted by molar-refractivity contribution is -0.118. The summed E-state index contributed by atoms with van der Waals surface area (Å²) in [4.78, 5) is 11.2. The summed E-state index contributed by atoms with van der Waals surface area (Å²) in [6.45, 7) is 0. The molecule has 0 radical (unpaired) electrons. The van der Waals surface area contributed by atoms with Gasteiger partial charge in [0.25, 0.3) is 0 Å². The van der Waals surface area contributed by atoms with Gasteiger partial charge in [-0.05, 0) is 16.3 Å². The van der Waals surface area contributed by atoms with Gasteiger partial charge >= 0.3 is 0 Å². The number of carbonyl (C=O) groups excluding carboxylic acids is 1. The lowest BCUT2D eigenvalue weighted by atomic mass is 10.1. The Morgan fingerprint density at radius 3 is 2.53 bits per heavy atom. The summed E-state index contributed by atoms with van der Waals surface area (Å²) in [6, 6.07) is 13.1. The maximum absolute atomic E-state index is 12.0. The summed E-state index contributed by atoms with van der Waals surface area (Å²) in [6.07, 6.45) is 0. The maximum Gasteiger partial charge on any atom is 0.234 e. The first-order valence-corrected chi connectivity index (χ1v) is 7.71. The molecule has 5 heteroatoms. The molecule has 0 unspecified atom stereocenters. The zero-order valence-electron chi connectivity index (χ0n) is 10.6. The second-order valence-electron chi connectivity index (χ2n) is 4.34. The molecule has 0 aromatic heterocycles. The molecule has 1 N–H and O–H groups in total. The molecule has 2 rings (SSSR count). The lowest BCUT2D eigenvalue weighted by Crippen LogP contribution is -2.27. The van der Waals surface area contributed by atoms with Crippen LogP contribution in [0, 0.1) is 0 Å². The van der Waals surface area contributed by atoms with Crippen LogP contribution in [0.15, 0.2) is 42.5 Å². The van der Waals surface area contributed by atoms with Gasteiger partial charge in [0, 0.05) is 7.05 Å². The molecule has 4 nitrogen and oxygen atoms in total. The zero-order chi connectivity index (χ0) is 13.9. The second-order valence-corrected chi connectivity index (χ2v) is 6.41. The minimum absolute atomic E-state index is 0.123. The molecule has 0 aliphatic rings. The molecule has 2 aromatic carbocycles. The smallest absolute Gasteiger partial charge is 0.234 e. The summed E-state index contributed by atoms with van der Waals surface area (Å²) in [5.74, 6) is -1.09. The highest BCUT2D eigenvalue weighted by Gasteiger charge is 2.17. The first-order valence-electron chi connectivity index (χ1n) is 5.89. The highest BCUT2D eigenvalue weighted by molar-refractivity contribution is 7.91. The van der Waals surface area contributed by atoms with E-state index in [1.165, 1.54) is 7.05 Å². The van der Waals surface area contributed by atoms with E-state index in [0.717, 1.165) is 16.3 Å². The van der Waals surface area contributed by atoms with Crippen molar-refractivity contribution in [3.63, 3.8) is 0 Å². The Labute approximate surface area is 112 Å². The molecule has 0 aliphatic heterocycles. The number of hydrogen-bond acceptors (Lipinski definition) is 3. The molecule has 0 heterocycles. The molecule has 0 saturated carbocycles. The monoisotopic (exact) mass is 277 g/mol. The molecule has 1 amide bonds. The Bertz CT molecular complexity index is 702. The molecule has 2 aromatic rings. The Hall–Kier alpha value is -1.88. The normalized spacial score (nSPS) is 11.4. The van der Waals surface area contributed by atoms with Crippen LogP contribution in [0.25, 0.3) is 10.8 Å². The molecular weight excluding hydrogens is 262 g/mol. The summed E-state index contributed by atoms with van der Waals surface area (Å²) >= 11 is 0. The van der Waals surface area contributed by atoms with Crippen molar-refractivity contribution in [1.29, 1.82) is 0 Å². The van der Waals surface area contributed by atoms with Crippen LogP contribution in [-0.2, 0) is 20.4 Å². The lowest BCUT2D eigenvalue weighted by Gasteiger charge is -2.07. The van der Waals surface area contributed by atoms with Crippen LogP contribution < -0.4 is 5.32 Å².